The fraction of sp³-hybridized carbons (Fsp3) is 0.211. The van der Waals surface area contributed by atoms with Crippen LogP contribution in [0.15, 0.2) is 48.5 Å². The van der Waals surface area contributed by atoms with Crippen LogP contribution in [-0.2, 0) is 22.1 Å². The van der Waals surface area contributed by atoms with Crippen LogP contribution in [0.4, 0.5) is 0 Å². The molecule has 1 aromatic heterocycles. The van der Waals surface area contributed by atoms with Gasteiger partial charge in [-0.05, 0) is 29.3 Å². The number of nitrogens with one attached hydrogen (secondary N) is 2. The largest absolute Gasteiger partial charge is 0.497 e. The van der Waals surface area contributed by atoms with E-state index in [1.807, 2.05) is 30.3 Å². The lowest BCUT2D eigenvalue weighted by Crippen LogP contribution is -2.23. The number of fused-ring (bicyclic) bond motifs is 1. The third-order valence-electron chi connectivity index (χ3n) is 3.98. The second kappa shape index (κ2) is 7.21. The second-order valence-corrected chi connectivity index (χ2v) is 8.35. The molecule has 6 nitrogen and oxygen atoms in total. The highest BCUT2D eigenvalue weighted by Crippen LogP contribution is 2.21. The van der Waals surface area contributed by atoms with Crippen LogP contribution >= 0.6 is 0 Å². The van der Waals surface area contributed by atoms with Crippen molar-refractivity contribution >= 4 is 26.6 Å². The van der Waals surface area contributed by atoms with Crippen LogP contribution in [0.2, 0.25) is 0 Å². The van der Waals surface area contributed by atoms with Gasteiger partial charge in [0, 0.05) is 29.8 Å². The van der Waals surface area contributed by atoms with Gasteiger partial charge in [0.25, 0.3) is 5.91 Å². The zero-order chi connectivity index (χ0) is 18.7. The van der Waals surface area contributed by atoms with Crippen molar-refractivity contribution in [3.8, 4) is 5.75 Å². The van der Waals surface area contributed by atoms with Gasteiger partial charge in [0.05, 0.1) is 12.9 Å². The van der Waals surface area contributed by atoms with Crippen molar-refractivity contribution in [2.75, 3.05) is 13.4 Å². The van der Waals surface area contributed by atoms with Crippen LogP contribution in [0, 0.1) is 0 Å². The Kier molecular flexibility index (Phi) is 4.99. The molecule has 0 saturated heterocycles. The van der Waals surface area contributed by atoms with E-state index in [0.29, 0.717) is 12.2 Å². The molecule has 0 aliphatic heterocycles. The van der Waals surface area contributed by atoms with E-state index in [-0.39, 0.29) is 11.7 Å². The summed E-state index contributed by atoms with van der Waals surface area (Å²) in [4.78, 5) is 15.4. The highest BCUT2D eigenvalue weighted by Gasteiger charge is 2.10. The van der Waals surface area contributed by atoms with E-state index in [9.17, 15) is 13.2 Å². The number of rotatable bonds is 6. The molecule has 0 aliphatic rings. The van der Waals surface area contributed by atoms with Crippen LogP contribution in [0.1, 0.15) is 21.6 Å². The monoisotopic (exact) mass is 372 g/mol. The lowest BCUT2D eigenvalue weighted by atomic mass is 10.1. The molecule has 7 heteroatoms. The molecule has 0 unspecified atom stereocenters. The molecular formula is C19H20N2O4S. The number of ether oxygens (including phenoxy) is 1. The van der Waals surface area contributed by atoms with Crippen molar-refractivity contribution in [1.82, 2.24) is 10.3 Å². The summed E-state index contributed by atoms with van der Waals surface area (Å²) in [5.41, 5.74) is 2.93. The first-order valence-electron chi connectivity index (χ1n) is 8.04. The summed E-state index contributed by atoms with van der Waals surface area (Å²) in [6.07, 6.45) is 1.21. The number of hydrogen-bond donors (Lipinski definition) is 2. The summed E-state index contributed by atoms with van der Waals surface area (Å²) < 4.78 is 27.8. The minimum atomic E-state index is -3.05. The van der Waals surface area contributed by atoms with Crippen molar-refractivity contribution in [2.24, 2.45) is 0 Å². The number of benzene rings is 2. The predicted octanol–water partition coefficient (Wildman–Crippen LogP) is 2.65. The minimum Gasteiger partial charge on any atom is -0.497 e. The van der Waals surface area contributed by atoms with Gasteiger partial charge >= 0.3 is 0 Å². The number of hydrogen-bond acceptors (Lipinski definition) is 4. The van der Waals surface area contributed by atoms with Crippen molar-refractivity contribution in [1.29, 1.82) is 0 Å². The van der Waals surface area contributed by atoms with Crippen LogP contribution in [-0.4, -0.2) is 32.7 Å². The summed E-state index contributed by atoms with van der Waals surface area (Å²) in [6.45, 7) is 0.358. The second-order valence-electron chi connectivity index (χ2n) is 6.21. The van der Waals surface area contributed by atoms with E-state index in [0.717, 1.165) is 27.8 Å². The number of carbonyl (C=O) groups is 1. The van der Waals surface area contributed by atoms with Gasteiger partial charge in [0.1, 0.15) is 11.4 Å². The van der Waals surface area contributed by atoms with E-state index in [4.69, 9.17) is 4.74 Å². The van der Waals surface area contributed by atoms with Gasteiger partial charge < -0.3 is 15.0 Å². The standard InChI is InChI=1S/C19H20N2O4S/c1-25-16-8-7-15-9-18(21-17(15)10-16)19(22)20-11-13-3-5-14(6-4-13)12-26(2,23)24/h3-10,21H,11-12H2,1-2H3,(H,20,22). The molecule has 1 amide bonds. The molecule has 0 saturated carbocycles. The molecule has 0 radical (unpaired) electrons. The van der Waals surface area contributed by atoms with Crippen LogP contribution in [0.5, 0.6) is 5.75 Å². The summed E-state index contributed by atoms with van der Waals surface area (Å²) in [5, 5.41) is 3.78. The first kappa shape index (κ1) is 18.0. The van der Waals surface area contributed by atoms with Gasteiger partial charge in [-0.15, -0.1) is 0 Å². The zero-order valence-electron chi connectivity index (χ0n) is 14.6. The Hall–Kier alpha value is -2.80. The van der Waals surface area contributed by atoms with E-state index >= 15 is 0 Å². The Morgan fingerprint density at radius 2 is 1.77 bits per heavy atom. The summed E-state index contributed by atoms with van der Waals surface area (Å²) in [5.74, 6) is 0.527. The van der Waals surface area contributed by atoms with Crippen molar-refractivity contribution < 1.29 is 17.9 Å². The topological polar surface area (TPSA) is 88.3 Å². The Balaban J connectivity index is 1.65. The number of sulfone groups is 1. The van der Waals surface area contributed by atoms with E-state index in [2.05, 4.69) is 10.3 Å². The van der Waals surface area contributed by atoms with Gasteiger partial charge in [-0.2, -0.15) is 0 Å². The Morgan fingerprint density at radius 1 is 1.08 bits per heavy atom. The van der Waals surface area contributed by atoms with Crippen molar-refractivity contribution in [2.45, 2.75) is 12.3 Å². The van der Waals surface area contributed by atoms with Crippen molar-refractivity contribution in [3.05, 3.63) is 65.4 Å². The molecule has 0 aliphatic carbocycles. The first-order chi connectivity index (χ1) is 12.3. The molecule has 2 N–H and O–H groups in total. The molecule has 0 spiro atoms. The normalized spacial score (nSPS) is 11.5. The average Bonchev–Trinajstić information content (AvgIpc) is 3.02. The number of H-pyrrole nitrogens is 1. The van der Waals surface area contributed by atoms with Crippen LogP contribution in [0.3, 0.4) is 0 Å². The SMILES string of the molecule is COc1ccc2cc(C(=O)NCc3ccc(CS(C)(=O)=O)cc3)[nH]c2c1. The molecule has 3 rings (SSSR count). The molecule has 136 valence electrons. The van der Waals surface area contributed by atoms with E-state index < -0.39 is 9.84 Å². The third-order valence-corrected chi connectivity index (χ3v) is 4.84. The third kappa shape index (κ3) is 4.43. The molecule has 3 aromatic rings. The van der Waals surface area contributed by atoms with Gasteiger partial charge in [0.15, 0.2) is 9.84 Å². The molecule has 26 heavy (non-hydrogen) atoms. The molecule has 0 bridgehead atoms. The highest BCUT2D eigenvalue weighted by atomic mass is 32.2. The fourth-order valence-electron chi connectivity index (χ4n) is 2.69. The van der Waals surface area contributed by atoms with Gasteiger partial charge in [0.2, 0.25) is 0 Å². The Morgan fingerprint density at radius 3 is 2.42 bits per heavy atom. The maximum atomic E-state index is 12.3. The quantitative estimate of drug-likeness (QED) is 0.696. The average molecular weight is 372 g/mol. The molecular weight excluding hydrogens is 352 g/mol. The maximum Gasteiger partial charge on any atom is 0.267 e. The first-order valence-corrected chi connectivity index (χ1v) is 10.1. The number of aromatic nitrogens is 1. The van der Waals surface area contributed by atoms with Crippen LogP contribution < -0.4 is 10.1 Å². The molecule has 2 aromatic carbocycles. The fourth-order valence-corrected chi connectivity index (χ4v) is 3.49. The highest BCUT2D eigenvalue weighted by molar-refractivity contribution is 7.89. The lowest BCUT2D eigenvalue weighted by molar-refractivity contribution is 0.0946. The number of amides is 1. The smallest absolute Gasteiger partial charge is 0.267 e. The minimum absolute atomic E-state index is 0.0121. The number of aromatic amines is 1. The Bertz CT molecular complexity index is 1040. The summed E-state index contributed by atoms with van der Waals surface area (Å²) in [6, 6.07) is 14.5. The van der Waals surface area contributed by atoms with E-state index in [1.165, 1.54) is 6.26 Å². The molecule has 1 heterocycles. The number of carbonyl (C=O) groups excluding carboxylic acids is 1. The Labute approximate surface area is 152 Å². The number of methoxy groups -OCH3 is 1. The lowest BCUT2D eigenvalue weighted by Gasteiger charge is -2.05. The summed E-state index contributed by atoms with van der Waals surface area (Å²) >= 11 is 0. The van der Waals surface area contributed by atoms with Crippen molar-refractivity contribution in [3.63, 3.8) is 0 Å². The van der Waals surface area contributed by atoms with Gasteiger partial charge in [-0.3, -0.25) is 4.79 Å². The predicted molar refractivity (Wildman–Crippen MR) is 101 cm³/mol. The summed E-state index contributed by atoms with van der Waals surface area (Å²) in [7, 11) is -1.46. The zero-order valence-corrected chi connectivity index (χ0v) is 15.4. The van der Waals surface area contributed by atoms with Crippen LogP contribution in [0.25, 0.3) is 10.9 Å². The molecule has 0 atom stereocenters. The van der Waals surface area contributed by atoms with E-state index in [1.54, 1.807) is 25.3 Å². The van der Waals surface area contributed by atoms with Gasteiger partial charge in [-0.25, -0.2) is 8.42 Å². The molecule has 0 fully saturated rings. The van der Waals surface area contributed by atoms with Gasteiger partial charge in [-0.1, -0.05) is 24.3 Å². The maximum absolute atomic E-state index is 12.3.